The van der Waals surface area contributed by atoms with Crippen molar-refractivity contribution in [1.82, 2.24) is 4.57 Å². The van der Waals surface area contributed by atoms with E-state index in [0.717, 1.165) is 17.5 Å². The van der Waals surface area contributed by atoms with Crippen molar-refractivity contribution in [3.8, 4) is 11.1 Å². The number of rotatable bonds is 7. The van der Waals surface area contributed by atoms with Crippen molar-refractivity contribution in [3.63, 3.8) is 0 Å². The first-order chi connectivity index (χ1) is 13.1. The molecule has 2 aromatic rings. The van der Waals surface area contributed by atoms with E-state index in [1.165, 1.54) is 0 Å². The highest BCUT2D eigenvalue weighted by Crippen LogP contribution is 2.39. The third-order valence-electron chi connectivity index (χ3n) is 5.04. The van der Waals surface area contributed by atoms with Crippen molar-refractivity contribution in [3.05, 3.63) is 46.4 Å². The Balaban J connectivity index is 1.78. The van der Waals surface area contributed by atoms with E-state index >= 15 is 0 Å². The van der Waals surface area contributed by atoms with Gasteiger partial charge in [0, 0.05) is 24.8 Å². The Labute approximate surface area is 161 Å². The molecule has 1 aromatic heterocycles. The molecule has 1 aliphatic rings. The van der Waals surface area contributed by atoms with Gasteiger partial charge in [0.15, 0.2) is 0 Å². The van der Waals surface area contributed by atoms with Gasteiger partial charge in [0.1, 0.15) is 0 Å². The monoisotopic (exact) mass is 395 g/mol. The molecule has 8 heteroatoms. The molecule has 28 heavy (non-hydrogen) atoms. The highest BCUT2D eigenvalue weighted by Gasteiger charge is 2.33. The van der Waals surface area contributed by atoms with Crippen LogP contribution < -0.4 is 16.6 Å². The largest absolute Gasteiger partial charge is 0.522 e. The quantitative estimate of drug-likeness (QED) is 0.549. The zero-order valence-corrected chi connectivity index (χ0v) is 15.8. The third kappa shape index (κ3) is 5.07. The Morgan fingerprint density at radius 1 is 1.29 bits per heavy atom. The molecule has 3 N–H and O–H groups in total. The molecule has 1 fully saturated rings. The van der Waals surface area contributed by atoms with Crippen LogP contribution >= 0.6 is 0 Å². The number of aromatic nitrogens is 1. The van der Waals surface area contributed by atoms with Crippen LogP contribution in [-0.2, 0) is 11.3 Å². The van der Waals surface area contributed by atoms with Crippen LogP contribution in [0.4, 0.5) is 24.5 Å². The first-order valence-electron chi connectivity index (χ1n) is 9.19. The number of ether oxygens (including phenoxy) is 1. The number of nitrogens with one attached hydrogen (secondary N) is 1. The average Bonchev–Trinajstić information content (AvgIpc) is 3.31. The minimum absolute atomic E-state index is 0.000873. The van der Waals surface area contributed by atoms with Gasteiger partial charge in [-0.1, -0.05) is 13.0 Å². The number of alkyl halides is 3. The minimum Gasteiger partial charge on any atom is -0.397 e. The molecule has 1 unspecified atom stereocenters. The van der Waals surface area contributed by atoms with Crippen molar-refractivity contribution < 1.29 is 17.9 Å². The van der Waals surface area contributed by atoms with Gasteiger partial charge in [-0.15, -0.1) is 13.2 Å². The first kappa shape index (κ1) is 20.3. The lowest BCUT2D eigenvalue weighted by atomic mass is 10.0. The van der Waals surface area contributed by atoms with Crippen LogP contribution in [0.1, 0.15) is 18.9 Å². The molecule has 0 saturated heterocycles. The molecule has 152 valence electrons. The highest BCUT2D eigenvalue weighted by atomic mass is 19.4. The van der Waals surface area contributed by atoms with E-state index in [4.69, 9.17) is 5.73 Å². The molecule has 3 rings (SSSR count). The number of aryl methyl sites for hydroxylation is 1. The Hall–Kier alpha value is -2.48. The van der Waals surface area contributed by atoms with Gasteiger partial charge >= 0.3 is 6.36 Å². The summed E-state index contributed by atoms with van der Waals surface area (Å²) in [6, 6.07) is 7.11. The maximum Gasteiger partial charge on any atom is 0.522 e. The summed E-state index contributed by atoms with van der Waals surface area (Å²) in [7, 11) is 0. The lowest BCUT2D eigenvalue weighted by Gasteiger charge is -2.14. The molecule has 0 bridgehead atoms. The fourth-order valence-electron chi connectivity index (χ4n) is 3.23. The molecule has 1 heterocycles. The lowest BCUT2D eigenvalue weighted by Crippen LogP contribution is -2.23. The number of pyridine rings is 1. The zero-order chi connectivity index (χ0) is 20.5. The van der Waals surface area contributed by atoms with E-state index in [1.54, 1.807) is 23.6 Å². The SMILES string of the molecule is Cc1cc(-c2ccc(N)c(NCCOC(F)(F)F)c2)cn(C[C@H]2CC2C)c1=O. The van der Waals surface area contributed by atoms with Crippen LogP contribution in [0.25, 0.3) is 11.1 Å². The Kier molecular flexibility index (Phi) is 5.69. The summed E-state index contributed by atoms with van der Waals surface area (Å²) in [5, 5.41) is 2.87. The summed E-state index contributed by atoms with van der Waals surface area (Å²) in [5.74, 6) is 1.17. The molecular formula is C20H24F3N3O2. The molecule has 2 atom stereocenters. The summed E-state index contributed by atoms with van der Waals surface area (Å²) in [4.78, 5) is 12.4. The Morgan fingerprint density at radius 2 is 2.00 bits per heavy atom. The van der Waals surface area contributed by atoms with Gasteiger partial charge in [-0.05, 0) is 54.5 Å². The van der Waals surface area contributed by atoms with Crippen molar-refractivity contribution >= 4 is 11.4 Å². The number of anilines is 2. The Bertz CT molecular complexity index is 909. The normalized spacial score (nSPS) is 18.9. The highest BCUT2D eigenvalue weighted by molar-refractivity contribution is 5.76. The summed E-state index contributed by atoms with van der Waals surface area (Å²) in [5.41, 5.74) is 9.21. The van der Waals surface area contributed by atoms with Crippen LogP contribution in [0.15, 0.2) is 35.3 Å². The number of nitrogen functional groups attached to an aromatic ring is 1. The predicted molar refractivity (Wildman–Crippen MR) is 103 cm³/mol. The molecule has 0 spiro atoms. The smallest absolute Gasteiger partial charge is 0.397 e. The van der Waals surface area contributed by atoms with Gasteiger partial charge < -0.3 is 15.6 Å². The summed E-state index contributed by atoms with van der Waals surface area (Å²) in [6.45, 7) is 4.10. The van der Waals surface area contributed by atoms with E-state index in [0.29, 0.717) is 35.3 Å². The van der Waals surface area contributed by atoms with Crippen LogP contribution in [0.3, 0.4) is 0 Å². The van der Waals surface area contributed by atoms with E-state index in [1.807, 2.05) is 18.3 Å². The summed E-state index contributed by atoms with van der Waals surface area (Å²) < 4.78 is 41.7. The van der Waals surface area contributed by atoms with Gasteiger partial charge in [0.2, 0.25) is 0 Å². The van der Waals surface area contributed by atoms with Crippen LogP contribution in [0.2, 0.25) is 0 Å². The second kappa shape index (κ2) is 7.87. The van der Waals surface area contributed by atoms with Crippen molar-refractivity contribution in [2.75, 3.05) is 24.2 Å². The maximum atomic E-state index is 12.4. The van der Waals surface area contributed by atoms with Crippen LogP contribution in [0, 0.1) is 18.8 Å². The molecule has 1 aromatic carbocycles. The van der Waals surface area contributed by atoms with Crippen molar-refractivity contribution in [1.29, 1.82) is 0 Å². The van der Waals surface area contributed by atoms with Crippen LogP contribution in [-0.4, -0.2) is 24.1 Å². The fraction of sp³-hybridized carbons (Fsp3) is 0.450. The van der Waals surface area contributed by atoms with Crippen molar-refractivity contribution in [2.45, 2.75) is 33.2 Å². The van der Waals surface area contributed by atoms with Crippen LogP contribution in [0.5, 0.6) is 0 Å². The maximum absolute atomic E-state index is 12.4. The Morgan fingerprint density at radius 3 is 2.64 bits per heavy atom. The summed E-state index contributed by atoms with van der Waals surface area (Å²) in [6.07, 6.45) is -1.69. The molecule has 0 radical (unpaired) electrons. The lowest BCUT2D eigenvalue weighted by molar-refractivity contribution is -0.322. The van der Waals surface area contributed by atoms with E-state index in [-0.39, 0.29) is 12.1 Å². The summed E-state index contributed by atoms with van der Waals surface area (Å²) >= 11 is 0. The molecule has 0 aliphatic heterocycles. The van der Waals surface area contributed by atoms with Gasteiger partial charge in [-0.2, -0.15) is 0 Å². The van der Waals surface area contributed by atoms with Gasteiger partial charge in [0.05, 0.1) is 18.0 Å². The van der Waals surface area contributed by atoms with Gasteiger partial charge in [-0.25, -0.2) is 0 Å². The van der Waals surface area contributed by atoms with E-state index < -0.39 is 13.0 Å². The van der Waals surface area contributed by atoms with Crippen molar-refractivity contribution in [2.24, 2.45) is 11.8 Å². The topological polar surface area (TPSA) is 69.3 Å². The number of nitrogens with two attached hydrogens (primary N) is 1. The predicted octanol–water partition coefficient (Wildman–Crippen LogP) is 4.01. The number of halogens is 3. The fourth-order valence-corrected chi connectivity index (χ4v) is 3.23. The number of benzene rings is 1. The molecule has 0 amide bonds. The number of hydrogen-bond donors (Lipinski definition) is 2. The molecule has 5 nitrogen and oxygen atoms in total. The number of hydrogen-bond acceptors (Lipinski definition) is 4. The standard InChI is InChI=1S/C20H24F3N3O2/c1-12-7-15(12)10-26-11-16(8-13(2)19(26)27)14-3-4-17(24)18(9-14)25-5-6-28-20(21,22)23/h3-4,8-9,11-12,15,25H,5-7,10,24H2,1-2H3/t12?,15-/m1/s1. The zero-order valence-electron chi connectivity index (χ0n) is 15.8. The number of nitrogens with zero attached hydrogens (tertiary/aromatic N) is 1. The van der Waals surface area contributed by atoms with Gasteiger partial charge in [0.25, 0.3) is 5.56 Å². The first-order valence-corrected chi connectivity index (χ1v) is 9.19. The third-order valence-corrected chi connectivity index (χ3v) is 5.04. The molecule has 1 saturated carbocycles. The minimum atomic E-state index is -4.65. The second-order valence-corrected chi connectivity index (χ2v) is 7.37. The average molecular weight is 395 g/mol. The molecule has 1 aliphatic carbocycles. The molecular weight excluding hydrogens is 371 g/mol. The van der Waals surface area contributed by atoms with E-state index in [2.05, 4.69) is 17.0 Å². The van der Waals surface area contributed by atoms with Gasteiger partial charge in [-0.3, -0.25) is 9.53 Å². The second-order valence-electron chi connectivity index (χ2n) is 7.37. The van der Waals surface area contributed by atoms with E-state index in [9.17, 15) is 18.0 Å².